The fourth-order valence-corrected chi connectivity index (χ4v) is 7.72. The fraction of sp³-hybridized carbons (Fsp3) is 0.458. The molecule has 0 saturated heterocycles. The van der Waals surface area contributed by atoms with Crippen LogP contribution in [0.2, 0.25) is 0 Å². The first-order chi connectivity index (χ1) is 25.2. The second kappa shape index (κ2) is 22.2. The van der Waals surface area contributed by atoms with Gasteiger partial charge in [0.2, 0.25) is 0 Å². The Kier molecular flexibility index (Phi) is 17.8. The van der Waals surface area contributed by atoms with Gasteiger partial charge in [0.25, 0.3) is 0 Å². The van der Waals surface area contributed by atoms with E-state index in [0.717, 1.165) is 12.8 Å². The average molecular weight is 721 g/mol. The summed E-state index contributed by atoms with van der Waals surface area (Å²) in [5, 5.41) is 0. The van der Waals surface area contributed by atoms with Crippen LogP contribution < -0.4 is 0 Å². The molecule has 0 atom stereocenters. The molecule has 2 N–H and O–H groups in total. The smallest absolute Gasteiger partial charge is 0.327 e. The van der Waals surface area contributed by atoms with Gasteiger partial charge in [0, 0.05) is 16.7 Å². The Bertz CT molecular complexity index is 1450. The zero-order chi connectivity index (χ0) is 37.1. The maximum atomic E-state index is 8.76. The molecule has 0 aliphatic rings. The zero-order valence-corrected chi connectivity index (χ0v) is 33.4. The minimum atomic E-state index is -2.19. The molecule has 0 radical (unpaired) electrons. The van der Waals surface area contributed by atoms with E-state index in [1.165, 1.54) is 110 Å². The molecule has 0 saturated carbocycles. The first-order valence-corrected chi connectivity index (χ1v) is 21.1. The second-order valence-electron chi connectivity index (χ2n) is 15.6. The van der Waals surface area contributed by atoms with Gasteiger partial charge >= 0.3 is 8.60 Å². The molecule has 0 spiro atoms. The summed E-state index contributed by atoms with van der Waals surface area (Å²) < 4.78 is 4.82. The molecule has 52 heavy (non-hydrogen) atoms. The molecular formula is C48H65O3P. The molecule has 280 valence electrons. The Balaban J connectivity index is 1.26. The predicted molar refractivity (Wildman–Crippen MR) is 223 cm³/mol. The van der Waals surface area contributed by atoms with Crippen molar-refractivity contribution in [2.24, 2.45) is 0 Å². The largest absolute Gasteiger partial charge is 0.328 e. The van der Waals surface area contributed by atoms with Gasteiger partial charge in [-0.2, -0.15) is 0 Å². The van der Waals surface area contributed by atoms with Gasteiger partial charge in [-0.1, -0.05) is 200 Å². The highest BCUT2D eigenvalue weighted by Gasteiger charge is 2.25. The lowest BCUT2D eigenvalue weighted by Crippen LogP contribution is -2.19. The molecule has 0 bridgehead atoms. The van der Waals surface area contributed by atoms with Gasteiger partial charge in [-0.3, -0.25) is 0 Å². The van der Waals surface area contributed by atoms with Crippen LogP contribution in [0.5, 0.6) is 0 Å². The van der Waals surface area contributed by atoms with Crippen molar-refractivity contribution < 1.29 is 14.3 Å². The second-order valence-corrected chi connectivity index (χ2v) is 16.4. The normalized spacial score (nSPS) is 12.4. The zero-order valence-electron chi connectivity index (χ0n) is 32.5. The van der Waals surface area contributed by atoms with Crippen molar-refractivity contribution in [3.8, 4) is 0 Å². The maximum Gasteiger partial charge on any atom is 0.327 e. The molecule has 0 aliphatic carbocycles. The Morgan fingerprint density at radius 2 is 0.846 bits per heavy atom. The van der Waals surface area contributed by atoms with Crippen molar-refractivity contribution in [3.63, 3.8) is 0 Å². The van der Waals surface area contributed by atoms with Gasteiger partial charge in [-0.15, -0.1) is 0 Å². The lowest BCUT2D eigenvalue weighted by atomic mass is 9.76. The summed E-state index contributed by atoms with van der Waals surface area (Å²) in [6, 6.07) is 40.7. The highest BCUT2D eigenvalue weighted by molar-refractivity contribution is 7.39. The summed E-state index contributed by atoms with van der Waals surface area (Å²) in [7, 11) is -2.19. The molecule has 4 heteroatoms. The van der Waals surface area contributed by atoms with E-state index in [9.17, 15) is 0 Å². The third-order valence-electron chi connectivity index (χ3n) is 11.1. The first kappa shape index (κ1) is 41.7. The van der Waals surface area contributed by atoms with E-state index in [1.54, 1.807) is 0 Å². The van der Waals surface area contributed by atoms with Crippen LogP contribution in [0.15, 0.2) is 121 Å². The minimum absolute atomic E-state index is 0.0411. The van der Waals surface area contributed by atoms with Crippen molar-refractivity contribution in [3.05, 3.63) is 155 Å². The van der Waals surface area contributed by atoms with Crippen LogP contribution in [0.4, 0.5) is 0 Å². The standard InChI is InChI=1S/C48H65O3P/c1-47(2,42-26-20-18-21-27-42)44-35-31-40(32-36-44)46(41-33-37-45(38-34-41)48(3,4)43-28-22-19-23-29-43)30-24-16-14-12-10-8-6-5-7-9-11-13-15-17-25-39-51-52(49)50/h5-6,18-23,26-29,31-38,46,49-50H,7-17,24-25,30,39H2,1-4H3. The number of unbranched alkanes of at least 4 members (excludes halogenated alkanes) is 11. The van der Waals surface area contributed by atoms with Crippen molar-refractivity contribution >= 4 is 8.60 Å². The number of hydrogen-bond donors (Lipinski definition) is 2. The monoisotopic (exact) mass is 720 g/mol. The fourth-order valence-electron chi connectivity index (χ4n) is 7.43. The highest BCUT2D eigenvalue weighted by Crippen LogP contribution is 2.37. The Morgan fingerprint density at radius 1 is 0.481 bits per heavy atom. The highest BCUT2D eigenvalue weighted by atomic mass is 31.2. The molecule has 0 aliphatic heterocycles. The van der Waals surface area contributed by atoms with Gasteiger partial charge in [0.05, 0.1) is 6.61 Å². The van der Waals surface area contributed by atoms with E-state index in [1.807, 2.05) is 0 Å². The maximum absolute atomic E-state index is 8.76. The molecule has 0 aromatic heterocycles. The quantitative estimate of drug-likeness (QED) is 0.0430. The van der Waals surface area contributed by atoms with Crippen LogP contribution in [0.1, 0.15) is 157 Å². The first-order valence-electron chi connectivity index (χ1n) is 20.0. The number of allylic oxidation sites excluding steroid dienone is 2. The van der Waals surface area contributed by atoms with E-state index >= 15 is 0 Å². The van der Waals surface area contributed by atoms with Crippen molar-refractivity contribution in [2.75, 3.05) is 6.61 Å². The minimum Gasteiger partial charge on any atom is -0.328 e. The van der Waals surface area contributed by atoms with Crippen LogP contribution in [0.25, 0.3) is 0 Å². The summed E-state index contributed by atoms with van der Waals surface area (Å²) >= 11 is 0. The molecule has 0 amide bonds. The molecule has 3 nitrogen and oxygen atoms in total. The van der Waals surface area contributed by atoms with E-state index < -0.39 is 8.60 Å². The summed E-state index contributed by atoms with van der Waals surface area (Å²) in [6.07, 6.45) is 21.7. The molecule has 0 heterocycles. The van der Waals surface area contributed by atoms with Crippen molar-refractivity contribution in [1.29, 1.82) is 0 Å². The van der Waals surface area contributed by atoms with Crippen LogP contribution in [0, 0.1) is 0 Å². The molecule has 4 aromatic rings. The third kappa shape index (κ3) is 13.4. The van der Waals surface area contributed by atoms with Crippen LogP contribution in [0.3, 0.4) is 0 Å². The molecular weight excluding hydrogens is 655 g/mol. The third-order valence-corrected chi connectivity index (χ3v) is 11.5. The summed E-state index contributed by atoms with van der Waals surface area (Å²) in [5.74, 6) is 0.390. The summed E-state index contributed by atoms with van der Waals surface area (Å²) in [5.41, 5.74) is 8.16. The topological polar surface area (TPSA) is 49.7 Å². The summed E-state index contributed by atoms with van der Waals surface area (Å²) in [4.78, 5) is 17.5. The number of rotatable bonds is 24. The molecule has 4 rings (SSSR count). The van der Waals surface area contributed by atoms with Gasteiger partial charge in [0.15, 0.2) is 0 Å². The van der Waals surface area contributed by atoms with E-state index in [0.29, 0.717) is 12.5 Å². The lowest BCUT2D eigenvalue weighted by molar-refractivity contribution is 0.248. The lowest BCUT2D eigenvalue weighted by Gasteiger charge is -2.28. The molecule has 4 aromatic carbocycles. The molecule has 0 unspecified atom stereocenters. The van der Waals surface area contributed by atoms with Crippen molar-refractivity contribution in [2.45, 2.75) is 134 Å². The Labute approximate surface area is 317 Å². The SMILES string of the molecule is CC(C)(c1ccccc1)c1ccc(C(CCCCCCCC=CCCCCCCCCOP(O)O)c2ccc(C(C)(C)c3ccccc3)cc2)cc1. The van der Waals surface area contributed by atoms with Crippen LogP contribution in [-0.2, 0) is 15.4 Å². The van der Waals surface area contributed by atoms with Gasteiger partial charge in [-0.25, -0.2) is 0 Å². The average Bonchev–Trinajstić information content (AvgIpc) is 3.16. The summed E-state index contributed by atoms with van der Waals surface area (Å²) in [6.45, 7) is 9.77. The van der Waals surface area contributed by atoms with Gasteiger partial charge in [0.1, 0.15) is 0 Å². The van der Waals surface area contributed by atoms with Gasteiger partial charge in [-0.05, 0) is 71.9 Å². The van der Waals surface area contributed by atoms with Crippen LogP contribution >= 0.6 is 8.60 Å². The Morgan fingerprint density at radius 3 is 1.27 bits per heavy atom. The van der Waals surface area contributed by atoms with E-state index in [2.05, 4.69) is 149 Å². The van der Waals surface area contributed by atoms with E-state index in [-0.39, 0.29) is 10.8 Å². The number of hydrogen-bond acceptors (Lipinski definition) is 3. The van der Waals surface area contributed by atoms with Crippen LogP contribution in [-0.4, -0.2) is 16.4 Å². The molecule has 0 fully saturated rings. The van der Waals surface area contributed by atoms with Gasteiger partial charge < -0.3 is 14.3 Å². The van der Waals surface area contributed by atoms with E-state index in [4.69, 9.17) is 14.3 Å². The Hall–Kier alpha value is -3.07. The number of benzene rings is 4. The predicted octanol–water partition coefficient (Wildman–Crippen LogP) is 13.7. The van der Waals surface area contributed by atoms with Crippen molar-refractivity contribution in [1.82, 2.24) is 0 Å².